The summed E-state index contributed by atoms with van der Waals surface area (Å²) in [7, 11) is 3.70. The number of likely N-dealkylation sites (N-methyl/N-ethyl adjacent to an activating group) is 4. The van der Waals surface area contributed by atoms with Gasteiger partial charge in [0.25, 0.3) is 0 Å². The fraction of sp³-hybridized carbons (Fsp3) is 1.00. The molecule has 0 saturated carbocycles. The van der Waals surface area contributed by atoms with Crippen LogP contribution in [0.3, 0.4) is 0 Å². The van der Waals surface area contributed by atoms with Crippen LogP contribution in [0.5, 0.6) is 0 Å². The van der Waals surface area contributed by atoms with Gasteiger partial charge in [-0.25, -0.2) is 0 Å². The summed E-state index contributed by atoms with van der Waals surface area (Å²) >= 11 is 0. The first-order chi connectivity index (χ1) is 35.3. The Bertz CT molecular complexity index is 1160. The second kappa shape index (κ2) is 72.7. The van der Waals surface area contributed by atoms with Crippen LogP contribution in [0.25, 0.3) is 63.8 Å². The van der Waals surface area contributed by atoms with Crippen molar-refractivity contribution in [3.63, 3.8) is 0 Å². The second-order valence-corrected chi connectivity index (χ2v) is 23.5. The molecule has 504 valence electrons. The van der Waals surface area contributed by atoms with Crippen LogP contribution in [-0.2, 0) is 102 Å². The average Bonchev–Trinajstić information content (AvgIpc) is 3.35. The second-order valence-electron chi connectivity index (χ2n) is 23.5. The van der Waals surface area contributed by atoms with E-state index in [1.165, 1.54) is 0 Å². The van der Waals surface area contributed by atoms with Gasteiger partial charge in [0.15, 0.2) is 0 Å². The van der Waals surface area contributed by atoms with Crippen LogP contribution < -0.4 is 0 Å². The van der Waals surface area contributed by atoms with Gasteiger partial charge in [-0.2, -0.15) is 99.7 Å². The van der Waals surface area contributed by atoms with Crippen molar-refractivity contribution >= 4 is 0 Å². The van der Waals surface area contributed by atoms with Gasteiger partial charge in [0.1, 0.15) is 0 Å². The molecule has 0 aromatic carbocycles. The third-order valence-corrected chi connectivity index (χ3v) is 13.0. The largest absolute Gasteiger partial charge is 2.00 e. The van der Waals surface area contributed by atoms with Crippen LogP contribution >= 0.6 is 0 Å². The normalized spacial score (nSPS) is 16.0. The summed E-state index contributed by atoms with van der Waals surface area (Å²) < 4.78 is 0. The molecule has 12 nitrogen and oxygen atoms in total. The molecule has 0 amide bonds. The molecule has 0 radical (unpaired) electrons. The standard InChI is InChI=1S/2C13H28N2.2C11H24N2.C9H20N2.C7H16N2.6Fe/c1-9-11(15-13(6,7)8)10(2)14-12(3,4)5;1-7-10(4)14-12(6)13(9-3)15-11(5)8-2;1-7-11(13-9(4)5)10(6)12-8(2)3;1-5-8-12-10(4)11(7-3)13-9-6-2;1-5-9(11-7-3)8(4)10-6-2;1-5-7(9-4)6(2)8-3;;;;;;/h10-11H,9H2,1-8H3;10-13H,7-9H2,1-6H3;8-11H,7H2,1-6H3;10-11H,5-9H2,1-4H3;8-9H,5-7H2,1-4H3;6-7H,5H2,1-4H3;;;;;;/q6*-2;6*+2. The minimum absolute atomic E-state index is 0. The molecule has 0 heterocycles. The van der Waals surface area contributed by atoms with Crippen molar-refractivity contribution < 1.29 is 102 Å². The van der Waals surface area contributed by atoms with E-state index in [9.17, 15) is 0 Å². The molecule has 0 aromatic rings. The SMILES string of the molecule is CCC(C)[N-]C(C)C(CC)[N-]C(C)CC.CCC([N-]C(C)(C)C)C(C)[N-]C(C)(C)C.CCC([N-]C(C)C)C(C)[N-]C(C)C.CCC([N-]C)C(C)[N-]C.CCC[N-]C(C)C(CC)[N-]CCC.CC[N-]C(C)C(CC)[N-]CC.[Fe+2].[Fe+2].[Fe+2].[Fe+2].[Fe+2].[Fe+2]. The van der Waals surface area contributed by atoms with Crippen molar-refractivity contribution in [2.24, 2.45) is 0 Å². The van der Waals surface area contributed by atoms with Gasteiger partial charge in [-0.1, -0.05) is 272 Å². The van der Waals surface area contributed by atoms with Gasteiger partial charge in [-0.05, 0) is 0 Å². The predicted octanol–water partition coefficient (Wildman–Crippen LogP) is 21.5. The monoisotopic (exact) mass is 1410 g/mol. The van der Waals surface area contributed by atoms with Crippen LogP contribution in [0.15, 0.2) is 0 Å². The topological polar surface area (TPSA) is 169 Å². The molecule has 0 aliphatic heterocycles. The Hall–Kier alpha value is 2.64. The molecule has 0 spiro atoms. The van der Waals surface area contributed by atoms with Crippen LogP contribution in [0, 0.1) is 0 Å². The number of nitrogens with zero attached hydrogens (tertiary/aromatic N) is 12. The molecule has 0 aliphatic carbocycles. The fourth-order valence-electron chi connectivity index (χ4n) is 8.42. The molecule has 82 heavy (non-hydrogen) atoms. The van der Waals surface area contributed by atoms with Crippen molar-refractivity contribution in [1.82, 2.24) is 0 Å². The maximum absolute atomic E-state index is 4.82. The van der Waals surface area contributed by atoms with Gasteiger partial charge in [0.2, 0.25) is 0 Å². The molecule has 0 saturated heterocycles. The minimum atomic E-state index is 0. The van der Waals surface area contributed by atoms with Gasteiger partial charge in [0, 0.05) is 0 Å². The van der Waals surface area contributed by atoms with Gasteiger partial charge < -0.3 is 63.8 Å². The summed E-state index contributed by atoms with van der Waals surface area (Å²) in [6.45, 7) is 68.5. The van der Waals surface area contributed by atoms with Gasteiger partial charge in [0.05, 0.1) is 0 Å². The summed E-state index contributed by atoms with van der Waals surface area (Å²) in [4.78, 5) is 0. The van der Waals surface area contributed by atoms with E-state index in [0.29, 0.717) is 96.7 Å². The minimum Gasteiger partial charge on any atom is -0.664 e. The van der Waals surface area contributed by atoms with E-state index in [4.69, 9.17) is 21.3 Å². The summed E-state index contributed by atoms with van der Waals surface area (Å²) in [6.07, 6.45) is 11.1. The third kappa shape index (κ3) is 73.4. The van der Waals surface area contributed by atoms with E-state index < -0.39 is 0 Å². The Labute approximate surface area is 581 Å². The van der Waals surface area contributed by atoms with E-state index in [1.54, 1.807) is 0 Å². The smallest absolute Gasteiger partial charge is 0.664 e. The van der Waals surface area contributed by atoms with Crippen molar-refractivity contribution in [3.05, 3.63) is 63.8 Å². The zero-order valence-corrected chi connectivity index (χ0v) is 66.3. The third-order valence-electron chi connectivity index (χ3n) is 13.0. The van der Waals surface area contributed by atoms with Crippen molar-refractivity contribution in [3.8, 4) is 0 Å². The molecule has 0 N–H and O–H groups in total. The zero-order chi connectivity index (χ0) is 60.6. The quantitative estimate of drug-likeness (QED) is 0.0545. The summed E-state index contributed by atoms with van der Waals surface area (Å²) in [5.74, 6) is 0. The molecule has 0 aromatic heterocycles. The Morgan fingerprint density at radius 2 is 0.622 bits per heavy atom. The van der Waals surface area contributed by atoms with Crippen molar-refractivity contribution in [2.45, 2.75) is 380 Å². The van der Waals surface area contributed by atoms with E-state index in [0.717, 1.165) is 90.4 Å². The zero-order valence-electron chi connectivity index (χ0n) is 59.6. The van der Waals surface area contributed by atoms with E-state index in [-0.39, 0.29) is 113 Å². The Morgan fingerprint density at radius 1 is 0.280 bits per heavy atom. The van der Waals surface area contributed by atoms with Crippen molar-refractivity contribution in [1.29, 1.82) is 0 Å². The van der Waals surface area contributed by atoms with Gasteiger partial charge in [-0.3, -0.25) is 0 Å². The van der Waals surface area contributed by atoms with E-state index in [1.807, 2.05) is 14.1 Å². The molecular weight excluding hydrogens is 1270 g/mol. The Kier molecular flexibility index (Phi) is 99.5. The van der Waals surface area contributed by atoms with Crippen LogP contribution in [-0.4, -0.2) is 148 Å². The Morgan fingerprint density at radius 3 is 0.927 bits per heavy atom. The summed E-state index contributed by atoms with van der Waals surface area (Å²) in [5, 5.41) is 54.8. The number of hydrogen-bond donors (Lipinski definition) is 0. The molecule has 0 fully saturated rings. The summed E-state index contributed by atoms with van der Waals surface area (Å²) in [6, 6.07) is 6.55. The van der Waals surface area contributed by atoms with Crippen LogP contribution in [0.1, 0.15) is 272 Å². The van der Waals surface area contributed by atoms with E-state index >= 15 is 0 Å². The molecular formula is C64H140Fe6N12. The summed E-state index contributed by atoms with van der Waals surface area (Å²) in [5.41, 5.74) is 0.0859. The Balaban J connectivity index is -0.0000000711. The number of hydrogen-bond acceptors (Lipinski definition) is 0. The predicted molar refractivity (Wildman–Crippen MR) is 354 cm³/mol. The van der Waals surface area contributed by atoms with Crippen LogP contribution in [0.2, 0.25) is 0 Å². The van der Waals surface area contributed by atoms with Crippen molar-refractivity contribution in [2.75, 3.05) is 40.3 Å². The molecule has 18 heteroatoms. The maximum atomic E-state index is 4.82. The molecule has 0 bridgehead atoms. The first-order valence-electron chi connectivity index (χ1n) is 31.4. The number of rotatable bonds is 36. The fourth-order valence-corrected chi connectivity index (χ4v) is 8.42. The average molecular weight is 1410 g/mol. The van der Waals surface area contributed by atoms with Gasteiger partial charge >= 0.3 is 102 Å². The first kappa shape index (κ1) is 112. The van der Waals surface area contributed by atoms with Crippen LogP contribution in [0.4, 0.5) is 0 Å². The van der Waals surface area contributed by atoms with Gasteiger partial charge in [-0.15, -0.1) is 48.3 Å². The molecule has 0 aliphatic rings. The molecule has 14 unspecified atom stereocenters. The van der Waals surface area contributed by atoms with E-state index in [2.05, 4.69) is 250 Å². The first-order valence-corrected chi connectivity index (χ1v) is 31.4. The maximum Gasteiger partial charge on any atom is 2.00 e. The molecule has 14 atom stereocenters. The molecule has 0 rings (SSSR count).